The summed E-state index contributed by atoms with van der Waals surface area (Å²) in [6.45, 7) is 0.158. The molecule has 4 rings (SSSR count). The van der Waals surface area contributed by atoms with E-state index in [0.717, 1.165) is 11.1 Å². The van der Waals surface area contributed by atoms with Crippen molar-refractivity contribution >= 4 is 10.0 Å². The molecule has 7 heteroatoms. The van der Waals surface area contributed by atoms with E-state index in [-0.39, 0.29) is 17.9 Å². The summed E-state index contributed by atoms with van der Waals surface area (Å²) >= 11 is 0. The van der Waals surface area contributed by atoms with Crippen LogP contribution in [0.5, 0.6) is 11.5 Å². The number of methoxy groups -OCH3 is 2. The van der Waals surface area contributed by atoms with E-state index in [1.54, 1.807) is 44.6 Å². The third-order valence-corrected chi connectivity index (χ3v) is 7.60. The Morgan fingerprint density at radius 1 is 0.903 bits per heavy atom. The van der Waals surface area contributed by atoms with Crippen LogP contribution in [0.25, 0.3) is 0 Å². The van der Waals surface area contributed by atoms with Crippen molar-refractivity contribution in [1.82, 2.24) is 4.31 Å². The van der Waals surface area contributed by atoms with Gasteiger partial charge in [0.05, 0.1) is 31.3 Å². The van der Waals surface area contributed by atoms with Crippen LogP contribution in [0.1, 0.15) is 22.8 Å². The van der Waals surface area contributed by atoms with Crippen LogP contribution in [0.4, 0.5) is 0 Å². The van der Waals surface area contributed by atoms with Crippen molar-refractivity contribution in [3.05, 3.63) is 89.5 Å². The zero-order valence-electron chi connectivity index (χ0n) is 17.4. The van der Waals surface area contributed by atoms with Crippen molar-refractivity contribution in [2.75, 3.05) is 14.2 Å². The highest BCUT2D eigenvalue weighted by Gasteiger charge is 2.43. The number of hydrogen-bond donors (Lipinski definition) is 1. The van der Waals surface area contributed by atoms with E-state index >= 15 is 0 Å². The minimum absolute atomic E-state index is 0.146. The van der Waals surface area contributed by atoms with Crippen LogP contribution in [-0.4, -0.2) is 38.1 Å². The summed E-state index contributed by atoms with van der Waals surface area (Å²) in [7, 11) is -0.714. The van der Waals surface area contributed by atoms with Gasteiger partial charge in [0, 0.05) is 12.1 Å². The summed E-state index contributed by atoms with van der Waals surface area (Å²) in [5.74, 6) is 1.09. The lowest BCUT2D eigenvalue weighted by molar-refractivity contribution is 0.0766. The molecule has 0 spiro atoms. The first-order chi connectivity index (χ1) is 15.0. The van der Waals surface area contributed by atoms with Crippen molar-refractivity contribution in [1.29, 1.82) is 0 Å². The molecule has 1 heterocycles. The van der Waals surface area contributed by atoms with Gasteiger partial charge in [-0.15, -0.1) is 0 Å². The van der Waals surface area contributed by atoms with Gasteiger partial charge in [-0.1, -0.05) is 60.7 Å². The second-order valence-corrected chi connectivity index (χ2v) is 9.30. The topological polar surface area (TPSA) is 76.1 Å². The van der Waals surface area contributed by atoms with Gasteiger partial charge >= 0.3 is 0 Å². The Balaban J connectivity index is 1.82. The van der Waals surface area contributed by atoms with Crippen LogP contribution in [0.2, 0.25) is 0 Å². The van der Waals surface area contributed by atoms with Crippen molar-refractivity contribution in [3.8, 4) is 11.5 Å². The minimum atomic E-state index is -3.82. The smallest absolute Gasteiger partial charge is 0.244 e. The molecule has 0 bridgehead atoms. The van der Waals surface area contributed by atoms with Gasteiger partial charge in [-0.3, -0.25) is 0 Å². The first kappa shape index (κ1) is 21.4. The Labute approximate surface area is 182 Å². The quantitative estimate of drug-likeness (QED) is 0.636. The fraction of sp³-hybridized carbons (Fsp3) is 0.250. The number of aliphatic hydroxyl groups is 1. The molecule has 0 aliphatic carbocycles. The van der Waals surface area contributed by atoms with E-state index in [1.165, 1.54) is 4.31 Å². The highest BCUT2D eigenvalue weighted by Crippen LogP contribution is 2.41. The van der Waals surface area contributed by atoms with Gasteiger partial charge in [0.2, 0.25) is 10.0 Å². The maximum Gasteiger partial charge on any atom is 0.244 e. The van der Waals surface area contributed by atoms with E-state index < -0.39 is 22.2 Å². The summed E-state index contributed by atoms with van der Waals surface area (Å²) in [6.07, 6.45) is -0.721. The number of para-hydroxylation sites is 1. The van der Waals surface area contributed by atoms with Crippen LogP contribution >= 0.6 is 0 Å². The molecule has 0 saturated carbocycles. The number of fused-ring (bicyclic) bond motifs is 1. The Hall–Kier alpha value is -2.87. The molecule has 1 N–H and O–H groups in total. The molecule has 162 valence electrons. The number of benzene rings is 3. The summed E-state index contributed by atoms with van der Waals surface area (Å²) in [5, 5.41) is 11.3. The largest absolute Gasteiger partial charge is 0.493 e. The van der Waals surface area contributed by atoms with Gasteiger partial charge in [-0.05, 0) is 29.7 Å². The number of ether oxygens (including phenoxy) is 2. The molecule has 3 aromatic carbocycles. The monoisotopic (exact) mass is 439 g/mol. The maximum atomic E-state index is 13.6. The van der Waals surface area contributed by atoms with Gasteiger partial charge in [0.25, 0.3) is 0 Å². The molecule has 0 unspecified atom stereocenters. The van der Waals surface area contributed by atoms with Crippen molar-refractivity contribution in [2.24, 2.45) is 0 Å². The van der Waals surface area contributed by atoms with Gasteiger partial charge in [0.1, 0.15) is 0 Å². The highest BCUT2D eigenvalue weighted by molar-refractivity contribution is 7.89. The molecule has 1 aliphatic heterocycles. The Kier molecular flexibility index (Phi) is 6.00. The molecule has 31 heavy (non-hydrogen) atoms. The Morgan fingerprint density at radius 2 is 1.61 bits per heavy atom. The van der Waals surface area contributed by atoms with Crippen LogP contribution in [0.3, 0.4) is 0 Å². The first-order valence-electron chi connectivity index (χ1n) is 10.00. The molecule has 3 aromatic rings. The summed E-state index contributed by atoms with van der Waals surface area (Å²) in [4.78, 5) is 0.146. The standard InChI is InChI=1S/C24H25NO5S/c1-29-21-13-8-11-18(24(21)30-2)15-20-23(26)19-12-6-7-14-22(19)31(27,28)25(20)16-17-9-4-3-5-10-17/h3-14,20,23,26H,15-16H2,1-2H3/t20-,23-/m1/s1. The molecule has 1 aliphatic rings. The zero-order valence-corrected chi connectivity index (χ0v) is 18.2. The Morgan fingerprint density at radius 3 is 2.32 bits per heavy atom. The summed E-state index contributed by atoms with van der Waals surface area (Å²) in [5.41, 5.74) is 2.03. The first-order valence-corrected chi connectivity index (χ1v) is 11.4. The SMILES string of the molecule is COc1cccc(C[C@@H]2[C@H](O)c3ccccc3S(=O)(=O)N2Cc2ccccc2)c1OC. The maximum absolute atomic E-state index is 13.6. The van der Waals surface area contributed by atoms with Crippen molar-refractivity contribution < 1.29 is 23.0 Å². The molecular formula is C24H25NO5S. The third-order valence-electron chi connectivity index (χ3n) is 5.65. The molecule has 2 atom stereocenters. The zero-order chi connectivity index (χ0) is 22.0. The average Bonchev–Trinajstić information content (AvgIpc) is 2.80. The van der Waals surface area contributed by atoms with E-state index in [0.29, 0.717) is 17.1 Å². The predicted octanol–water partition coefficient (Wildman–Crippen LogP) is 3.55. The lowest BCUT2D eigenvalue weighted by Crippen LogP contribution is -2.48. The molecule has 0 fully saturated rings. The summed E-state index contributed by atoms with van der Waals surface area (Å²) in [6, 6.07) is 20.8. The number of nitrogens with zero attached hydrogens (tertiary/aromatic N) is 1. The van der Waals surface area contributed by atoms with Crippen LogP contribution in [0, 0.1) is 0 Å². The third kappa shape index (κ3) is 3.92. The molecule has 6 nitrogen and oxygen atoms in total. The van der Waals surface area contributed by atoms with E-state index in [4.69, 9.17) is 9.47 Å². The molecule has 0 amide bonds. The average molecular weight is 440 g/mol. The van der Waals surface area contributed by atoms with Crippen molar-refractivity contribution in [2.45, 2.75) is 30.0 Å². The van der Waals surface area contributed by atoms with Crippen LogP contribution in [0.15, 0.2) is 77.7 Å². The van der Waals surface area contributed by atoms with Crippen LogP contribution in [-0.2, 0) is 23.0 Å². The number of hydrogen-bond acceptors (Lipinski definition) is 5. The fourth-order valence-electron chi connectivity index (χ4n) is 4.15. The number of aliphatic hydroxyl groups excluding tert-OH is 1. The van der Waals surface area contributed by atoms with E-state index in [1.807, 2.05) is 42.5 Å². The Bertz CT molecular complexity index is 1160. The fourth-order valence-corrected chi connectivity index (χ4v) is 6.00. The second kappa shape index (κ2) is 8.70. The summed E-state index contributed by atoms with van der Waals surface area (Å²) < 4.78 is 39.5. The van der Waals surface area contributed by atoms with Crippen molar-refractivity contribution in [3.63, 3.8) is 0 Å². The van der Waals surface area contributed by atoms with Gasteiger partial charge < -0.3 is 14.6 Å². The molecule has 0 radical (unpaired) electrons. The van der Waals surface area contributed by atoms with Gasteiger partial charge in [0.15, 0.2) is 11.5 Å². The lowest BCUT2D eigenvalue weighted by Gasteiger charge is -2.39. The minimum Gasteiger partial charge on any atom is -0.493 e. The molecule has 0 aromatic heterocycles. The van der Waals surface area contributed by atoms with Crippen LogP contribution < -0.4 is 9.47 Å². The predicted molar refractivity (Wildman–Crippen MR) is 118 cm³/mol. The van der Waals surface area contributed by atoms with Gasteiger partial charge in [-0.25, -0.2) is 8.42 Å². The van der Waals surface area contributed by atoms with E-state index in [2.05, 4.69) is 0 Å². The molecule has 0 saturated heterocycles. The highest BCUT2D eigenvalue weighted by atomic mass is 32.2. The van der Waals surface area contributed by atoms with E-state index in [9.17, 15) is 13.5 Å². The second-order valence-electron chi connectivity index (χ2n) is 7.44. The number of rotatable bonds is 6. The number of sulfonamides is 1. The molecular weight excluding hydrogens is 414 g/mol. The van der Waals surface area contributed by atoms with Gasteiger partial charge in [-0.2, -0.15) is 4.31 Å². The lowest BCUT2D eigenvalue weighted by atomic mass is 9.94. The normalized spacial score (nSPS) is 20.1.